The van der Waals surface area contributed by atoms with E-state index >= 15 is 0 Å². The van der Waals surface area contributed by atoms with Gasteiger partial charge in [-0.05, 0) is 18.9 Å². The predicted molar refractivity (Wildman–Crippen MR) is 81.7 cm³/mol. The zero-order valence-corrected chi connectivity index (χ0v) is 13.3. The lowest BCUT2D eigenvalue weighted by Crippen LogP contribution is -2.23. The molecule has 0 unspecified atom stereocenters. The van der Waals surface area contributed by atoms with Crippen molar-refractivity contribution in [2.75, 3.05) is 6.61 Å². The third kappa shape index (κ3) is 2.16. The maximum atomic E-state index is 12.6. The minimum absolute atomic E-state index is 0.101. The van der Waals surface area contributed by atoms with E-state index in [0.29, 0.717) is 33.6 Å². The van der Waals surface area contributed by atoms with Crippen molar-refractivity contribution in [3.63, 3.8) is 0 Å². The Bertz CT molecular complexity index is 897. The average Bonchev–Trinajstić information content (AvgIpc) is 3.20. The number of ether oxygens (including phenoxy) is 2. The van der Waals surface area contributed by atoms with Crippen LogP contribution in [0.3, 0.4) is 0 Å². The third-order valence-corrected chi connectivity index (χ3v) is 5.40. The molecule has 0 bridgehead atoms. The van der Waals surface area contributed by atoms with E-state index in [-0.39, 0.29) is 12.2 Å². The number of carbonyl (C=O) groups excluding carboxylic acids is 2. The minimum Gasteiger partial charge on any atom is -0.463 e. The monoisotopic (exact) mass is 334 g/mol. The van der Waals surface area contributed by atoms with E-state index in [1.54, 1.807) is 11.5 Å². The van der Waals surface area contributed by atoms with Gasteiger partial charge in [-0.25, -0.2) is 14.6 Å². The van der Waals surface area contributed by atoms with E-state index < -0.39 is 18.0 Å². The van der Waals surface area contributed by atoms with Crippen LogP contribution in [0.15, 0.2) is 4.79 Å². The highest BCUT2D eigenvalue weighted by Gasteiger charge is 2.32. The molecule has 8 heteroatoms. The number of carbonyl (C=O) groups is 2. The van der Waals surface area contributed by atoms with Crippen LogP contribution in [0.1, 0.15) is 33.9 Å². The highest BCUT2D eigenvalue weighted by atomic mass is 32.1. The number of nitrogens with zero attached hydrogens (tertiary/aromatic N) is 2. The van der Waals surface area contributed by atoms with E-state index in [4.69, 9.17) is 9.47 Å². The molecule has 0 aliphatic carbocycles. The molecule has 0 amide bonds. The molecule has 120 valence electrons. The van der Waals surface area contributed by atoms with Crippen LogP contribution in [0.4, 0.5) is 0 Å². The maximum Gasteiger partial charge on any atom is 0.349 e. The second-order valence-electron chi connectivity index (χ2n) is 5.67. The summed E-state index contributed by atoms with van der Waals surface area (Å²) in [6.45, 7) is 2.64. The molecule has 4 rings (SSSR count). The van der Waals surface area contributed by atoms with Crippen LogP contribution >= 0.6 is 11.3 Å². The number of aryl methyl sites for hydroxylation is 2. The molecule has 4 heterocycles. The van der Waals surface area contributed by atoms with E-state index in [1.807, 2.05) is 0 Å². The Labute approximate surface area is 134 Å². The molecule has 1 saturated heterocycles. The lowest BCUT2D eigenvalue weighted by molar-refractivity contribution is -0.145. The van der Waals surface area contributed by atoms with Gasteiger partial charge in [0.05, 0.1) is 12.0 Å². The van der Waals surface area contributed by atoms with Crippen molar-refractivity contribution in [2.45, 2.75) is 38.8 Å². The van der Waals surface area contributed by atoms with Gasteiger partial charge in [-0.15, -0.1) is 11.3 Å². The van der Waals surface area contributed by atoms with Gasteiger partial charge in [0.25, 0.3) is 5.56 Å². The van der Waals surface area contributed by atoms with Crippen LogP contribution in [-0.2, 0) is 27.2 Å². The summed E-state index contributed by atoms with van der Waals surface area (Å²) in [5.74, 6) is -0.351. The molecule has 2 aliphatic heterocycles. The van der Waals surface area contributed by atoms with Crippen molar-refractivity contribution in [3.8, 4) is 0 Å². The molecule has 0 radical (unpaired) electrons. The summed E-state index contributed by atoms with van der Waals surface area (Å²) in [5.41, 5.74) is 0.469. The number of hydrogen-bond acceptors (Lipinski definition) is 7. The first-order chi connectivity index (χ1) is 11.1. The maximum absolute atomic E-state index is 12.6. The van der Waals surface area contributed by atoms with Gasteiger partial charge in [-0.1, -0.05) is 0 Å². The number of esters is 2. The van der Waals surface area contributed by atoms with Gasteiger partial charge >= 0.3 is 11.9 Å². The van der Waals surface area contributed by atoms with Crippen molar-refractivity contribution in [2.24, 2.45) is 0 Å². The second-order valence-corrected chi connectivity index (χ2v) is 6.67. The number of hydrogen-bond donors (Lipinski definition) is 0. The van der Waals surface area contributed by atoms with E-state index in [2.05, 4.69) is 4.98 Å². The highest BCUT2D eigenvalue weighted by Crippen LogP contribution is 2.29. The van der Waals surface area contributed by atoms with Crippen molar-refractivity contribution >= 4 is 33.5 Å². The summed E-state index contributed by atoms with van der Waals surface area (Å²) in [6.07, 6.45) is 1.20. The molecule has 2 aromatic rings. The number of rotatable bonds is 2. The Morgan fingerprint density at radius 2 is 2.26 bits per heavy atom. The Hall–Kier alpha value is -2.22. The van der Waals surface area contributed by atoms with Crippen LogP contribution in [-0.4, -0.2) is 34.2 Å². The quantitative estimate of drug-likeness (QED) is 0.767. The largest absolute Gasteiger partial charge is 0.463 e. The summed E-state index contributed by atoms with van der Waals surface area (Å²) in [7, 11) is 0. The van der Waals surface area contributed by atoms with E-state index in [1.165, 1.54) is 0 Å². The van der Waals surface area contributed by atoms with Crippen LogP contribution in [0.2, 0.25) is 0 Å². The molecule has 2 aromatic heterocycles. The molecule has 0 saturated carbocycles. The topological polar surface area (TPSA) is 87.5 Å². The number of thiophene rings is 1. The molecule has 0 aromatic carbocycles. The molecule has 1 atom stereocenters. The first-order valence-electron chi connectivity index (χ1n) is 7.46. The molecule has 23 heavy (non-hydrogen) atoms. The fourth-order valence-corrected chi connectivity index (χ4v) is 4.11. The Morgan fingerprint density at radius 1 is 1.43 bits per heavy atom. The summed E-state index contributed by atoms with van der Waals surface area (Å²) in [6, 6.07) is 0. The van der Waals surface area contributed by atoms with Crippen LogP contribution in [0.25, 0.3) is 10.2 Å². The molecule has 0 N–H and O–H groups in total. The summed E-state index contributed by atoms with van der Waals surface area (Å²) >= 11 is 1.15. The fourth-order valence-electron chi connectivity index (χ4n) is 3.04. The predicted octanol–water partition coefficient (Wildman–Crippen LogP) is 1.18. The first kappa shape index (κ1) is 14.4. The van der Waals surface area contributed by atoms with E-state index in [9.17, 15) is 14.4 Å². The van der Waals surface area contributed by atoms with Crippen molar-refractivity contribution in [3.05, 3.63) is 26.6 Å². The molecular formula is C15H14N2O5S. The summed E-state index contributed by atoms with van der Waals surface area (Å²) < 4.78 is 11.7. The molecule has 2 aliphatic rings. The van der Waals surface area contributed by atoms with Crippen LogP contribution < -0.4 is 5.56 Å². The normalized spacial score (nSPS) is 19.9. The Balaban J connectivity index is 1.75. The third-order valence-electron chi connectivity index (χ3n) is 4.23. The standard InChI is InChI=1S/C15H14N2O5S/c1-7-10-12(16-9-3-2-5-17(9)13(10)18)23-11(7)15(20)22-8-4-6-21-14(8)19/h8H,2-6H2,1H3/t8-/m0/s1. The average molecular weight is 334 g/mol. The van der Waals surface area contributed by atoms with Gasteiger partial charge in [0.2, 0.25) is 6.10 Å². The lowest BCUT2D eigenvalue weighted by atomic mass is 10.2. The summed E-state index contributed by atoms with van der Waals surface area (Å²) in [5, 5.41) is 0.474. The first-order valence-corrected chi connectivity index (χ1v) is 8.28. The number of fused-ring (bicyclic) bond motifs is 2. The zero-order valence-electron chi connectivity index (χ0n) is 12.5. The number of aromatic nitrogens is 2. The molecule has 7 nitrogen and oxygen atoms in total. The Morgan fingerprint density at radius 3 is 3.00 bits per heavy atom. The molecular weight excluding hydrogens is 320 g/mol. The SMILES string of the molecule is Cc1c(C(=O)O[C@H]2CCOC2=O)sc2nc3n(c(=O)c12)CCC3. The van der Waals surface area contributed by atoms with Crippen molar-refractivity contribution in [1.29, 1.82) is 0 Å². The zero-order chi connectivity index (χ0) is 16.1. The van der Waals surface area contributed by atoms with Gasteiger partial charge < -0.3 is 9.47 Å². The molecule has 1 fully saturated rings. The Kier molecular flexibility index (Phi) is 3.22. The van der Waals surface area contributed by atoms with Crippen molar-refractivity contribution in [1.82, 2.24) is 9.55 Å². The highest BCUT2D eigenvalue weighted by molar-refractivity contribution is 7.20. The smallest absolute Gasteiger partial charge is 0.349 e. The lowest BCUT2D eigenvalue weighted by Gasteiger charge is -2.07. The van der Waals surface area contributed by atoms with Gasteiger partial charge in [0.15, 0.2) is 0 Å². The van der Waals surface area contributed by atoms with Gasteiger partial charge in [-0.2, -0.15) is 0 Å². The van der Waals surface area contributed by atoms with Crippen LogP contribution in [0, 0.1) is 6.92 Å². The fraction of sp³-hybridized carbons (Fsp3) is 0.467. The van der Waals surface area contributed by atoms with Crippen LogP contribution in [0.5, 0.6) is 0 Å². The summed E-state index contributed by atoms with van der Waals surface area (Å²) in [4.78, 5) is 41.7. The van der Waals surface area contributed by atoms with Gasteiger partial charge in [-0.3, -0.25) is 9.36 Å². The van der Waals surface area contributed by atoms with Gasteiger partial charge in [0, 0.05) is 19.4 Å². The minimum atomic E-state index is -0.855. The van der Waals surface area contributed by atoms with Crippen molar-refractivity contribution < 1.29 is 19.1 Å². The van der Waals surface area contributed by atoms with Gasteiger partial charge in [0.1, 0.15) is 15.5 Å². The second kappa shape index (κ2) is 5.16. The molecule has 0 spiro atoms. The number of cyclic esters (lactones) is 1. The van der Waals surface area contributed by atoms with E-state index in [0.717, 1.165) is 30.0 Å².